The van der Waals surface area contributed by atoms with Crippen LogP contribution in [0.3, 0.4) is 0 Å². The maximum absolute atomic E-state index is 12.6. The van der Waals surface area contributed by atoms with Gasteiger partial charge in [-0.2, -0.15) is 0 Å². The van der Waals surface area contributed by atoms with E-state index in [-0.39, 0.29) is 24.0 Å². The number of amides is 2. The van der Waals surface area contributed by atoms with E-state index in [0.717, 1.165) is 16.8 Å². The lowest BCUT2D eigenvalue weighted by atomic mass is 10.1. The van der Waals surface area contributed by atoms with E-state index in [4.69, 9.17) is 0 Å². The molecule has 2 amide bonds. The SMILES string of the molecule is CC(=O)c1cccc(NC(=O)[C@@H]2CC(=O)N(c3cc(C)cc(C)c3)C2)c1. The third-order valence-corrected chi connectivity index (χ3v) is 4.55. The van der Waals surface area contributed by atoms with E-state index < -0.39 is 5.92 Å². The molecule has 1 atom stereocenters. The van der Waals surface area contributed by atoms with E-state index in [1.54, 1.807) is 29.2 Å². The maximum Gasteiger partial charge on any atom is 0.229 e. The fourth-order valence-electron chi connectivity index (χ4n) is 3.30. The first-order chi connectivity index (χ1) is 12.3. The van der Waals surface area contributed by atoms with Crippen LogP contribution in [0.4, 0.5) is 11.4 Å². The Morgan fingerprint density at radius 1 is 1.08 bits per heavy atom. The zero-order chi connectivity index (χ0) is 18.8. The fraction of sp³-hybridized carbons (Fsp3) is 0.286. The Balaban J connectivity index is 1.73. The smallest absolute Gasteiger partial charge is 0.229 e. The quantitative estimate of drug-likeness (QED) is 0.858. The number of carbonyl (C=O) groups is 3. The Bertz CT molecular complexity index is 868. The summed E-state index contributed by atoms with van der Waals surface area (Å²) in [4.78, 5) is 38.1. The third kappa shape index (κ3) is 3.82. The van der Waals surface area contributed by atoms with Crippen molar-refractivity contribution in [3.05, 3.63) is 59.2 Å². The normalized spacial score (nSPS) is 16.7. The summed E-state index contributed by atoms with van der Waals surface area (Å²) in [5.41, 5.74) is 4.12. The van der Waals surface area contributed by atoms with E-state index in [1.807, 2.05) is 26.0 Å². The maximum atomic E-state index is 12.6. The highest BCUT2D eigenvalue weighted by molar-refractivity contribution is 6.04. The van der Waals surface area contributed by atoms with Crippen LogP contribution in [0.5, 0.6) is 0 Å². The molecular weight excluding hydrogens is 328 g/mol. The molecule has 0 saturated carbocycles. The highest BCUT2D eigenvalue weighted by atomic mass is 16.2. The number of ketones is 1. The highest BCUT2D eigenvalue weighted by Gasteiger charge is 2.35. The van der Waals surface area contributed by atoms with Gasteiger partial charge >= 0.3 is 0 Å². The lowest BCUT2D eigenvalue weighted by molar-refractivity contribution is -0.122. The van der Waals surface area contributed by atoms with Crippen molar-refractivity contribution in [2.75, 3.05) is 16.8 Å². The molecule has 5 nitrogen and oxygen atoms in total. The predicted molar refractivity (Wildman–Crippen MR) is 101 cm³/mol. The van der Waals surface area contributed by atoms with Crippen molar-refractivity contribution in [1.82, 2.24) is 0 Å². The van der Waals surface area contributed by atoms with Crippen LogP contribution < -0.4 is 10.2 Å². The molecule has 3 rings (SSSR count). The molecule has 0 radical (unpaired) electrons. The molecule has 0 aromatic heterocycles. The molecule has 1 fully saturated rings. The Hall–Kier alpha value is -2.95. The topological polar surface area (TPSA) is 66.5 Å². The molecule has 2 aromatic carbocycles. The van der Waals surface area contributed by atoms with Crippen LogP contribution in [0.1, 0.15) is 34.8 Å². The fourth-order valence-corrected chi connectivity index (χ4v) is 3.30. The van der Waals surface area contributed by atoms with E-state index in [9.17, 15) is 14.4 Å². The average molecular weight is 350 g/mol. The molecule has 134 valence electrons. The van der Waals surface area contributed by atoms with Gasteiger partial charge in [-0.25, -0.2) is 0 Å². The average Bonchev–Trinajstić information content (AvgIpc) is 2.96. The number of nitrogens with zero attached hydrogens (tertiary/aromatic N) is 1. The third-order valence-electron chi connectivity index (χ3n) is 4.55. The number of hydrogen-bond acceptors (Lipinski definition) is 3. The van der Waals surface area contributed by atoms with Gasteiger partial charge in [-0.1, -0.05) is 18.2 Å². The van der Waals surface area contributed by atoms with Crippen LogP contribution in [0.25, 0.3) is 0 Å². The number of aryl methyl sites for hydroxylation is 2. The Morgan fingerprint density at radius 2 is 1.77 bits per heavy atom. The number of Topliss-reactive ketones (excluding diaryl/α,β-unsaturated/α-hetero) is 1. The van der Waals surface area contributed by atoms with Crippen molar-refractivity contribution in [3.63, 3.8) is 0 Å². The highest BCUT2D eigenvalue weighted by Crippen LogP contribution is 2.27. The molecule has 1 saturated heterocycles. The van der Waals surface area contributed by atoms with Crippen molar-refractivity contribution in [2.45, 2.75) is 27.2 Å². The second-order valence-electron chi connectivity index (χ2n) is 6.88. The Labute approximate surface area is 153 Å². The summed E-state index contributed by atoms with van der Waals surface area (Å²) in [6, 6.07) is 12.8. The molecule has 0 unspecified atom stereocenters. The minimum atomic E-state index is -0.413. The van der Waals surface area contributed by atoms with Gasteiger partial charge < -0.3 is 10.2 Å². The number of carbonyl (C=O) groups excluding carboxylic acids is 3. The largest absolute Gasteiger partial charge is 0.326 e. The Morgan fingerprint density at radius 3 is 2.42 bits per heavy atom. The summed E-state index contributed by atoms with van der Waals surface area (Å²) in [5.74, 6) is -0.721. The molecule has 5 heteroatoms. The molecule has 1 heterocycles. The van der Waals surface area contributed by atoms with Gasteiger partial charge in [0.25, 0.3) is 0 Å². The Kier molecular flexibility index (Phi) is 4.89. The summed E-state index contributed by atoms with van der Waals surface area (Å²) in [7, 11) is 0. The van der Waals surface area contributed by atoms with Gasteiger partial charge in [-0.05, 0) is 56.2 Å². The molecule has 1 aliphatic heterocycles. The lowest BCUT2D eigenvalue weighted by Gasteiger charge is -2.18. The van der Waals surface area contributed by atoms with Gasteiger partial charge in [0.15, 0.2) is 5.78 Å². The van der Waals surface area contributed by atoms with Crippen LogP contribution in [-0.2, 0) is 9.59 Å². The molecule has 26 heavy (non-hydrogen) atoms. The van der Waals surface area contributed by atoms with E-state index in [0.29, 0.717) is 17.8 Å². The first-order valence-electron chi connectivity index (χ1n) is 8.64. The van der Waals surface area contributed by atoms with Crippen LogP contribution in [0.15, 0.2) is 42.5 Å². The van der Waals surface area contributed by atoms with Crippen LogP contribution >= 0.6 is 0 Å². The van der Waals surface area contributed by atoms with Crippen molar-refractivity contribution in [3.8, 4) is 0 Å². The molecule has 1 aliphatic rings. The molecule has 1 N–H and O–H groups in total. The molecule has 2 aromatic rings. The standard InChI is InChI=1S/C21H22N2O3/c1-13-7-14(2)9-19(8-13)23-12-17(11-20(23)25)21(26)22-18-6-4-5-16(10-18)15(3)24/h4-10,17H,11-12H2,1-3H3,(H,22,26)/t17-/m1/s1. The molecule has 0 aliphatic carbocycles. The first-order valence-corrected chi connectivity index (χ1v) is 8.64. The summed E-state index contributed by atoms with van der Waals surface area (Å²) >= 11 is 0. The van der Waals surface area contributed by atoms with Crippen LogP contribution in [0, 0.1) is 19.8 Å². The van der Waals surface area contributed by atoms with Crippen molar-refractivity contribution in [1.29, 1.82) is 0 Å². The summed E-state index contributed by atoms with van der Waals surface area (Å²) in [6.07, 6.45) is 0.186. The summed E-state index contributed by atoms with van der Waals surface area (Å²) in [6.45, 7) is 5.82. The van der Waals surface area contributed by atoms with Crippen LogP contribution in [0.2, 0.25) is 0 Å². The number of anilines is 2. The van der Waals surface area contributed by atoms with E-state index in [1.165, 1.54) is 6.92 Å². The van der Waals surface area contributed by atoms with Crippen molar-refractivity contribution in [2.24, 2.45) is 5.92 Å². The molecule has 0 spiro atoms. The number of nitrogens with one attached hydrogen (secondary N) is 1. The molecule has 0 bridgehead atoms. The first kappa shape index (κ1) is 17.9. The minimum Gasteiger partial charge on any atom is -0.326 e. The van der Waals surface area contributed by atoms with Gasteiger partial charge in [0.2, 0.25) is 11.8 Å². The number of hydrogen-bond donors (Lipinski definition) is 1. The van der Waals surface area contributed by atoms with Gasteiger partial charge in [-0.15, -0.1) is 0 Å². The second kappa shape index (κ2) is 7.12. The van der Waals surface area contributed by atoms with Crippen molar-refractivity contribution < 1.29 is 14.4 Å². The van der Waals surface area contributed by atoms with E-state index in [2.05, 4.69) is 11.4 Å². The second-order valence-corrected chi connectivity index (χ2v) is 6.88. The van der Waals surface area contributed by atoms with Gasteiger partial charge in [0, 0.05) is 29.9 Å². The monoisotopic (exact) mass is 350 g/mol. The summed E-state index contributed by atoms with van der Waals surface area (Å²) in [5, 5.41) is 2.82. The molecular formula is C21H22N2O3. The van der Waals surface area contributed by atoms with Crippen LogP contribution in [-0.4, -0.2) is 24.1 Å². The minimum absolute atomic E-state index is 0.0485. The number of rotatable bonds is 4. The van der Waals surface area contributed by atoms with Crippen molar-refractivity contribution >= 4 is 29.0 Å². The zero-order valence-electron chi connectivity index (χ0n) is 15.2. The zero-order valence-corrected chi connectivity index (χ0v) is 15.2. The van der Waals surface area contributed by atoms with Gasteiger partial charge in [0.1, 0.15) is 0 Å². The predicted octanol–water partition coefficient (Wildman–Crippen LogP) is 3.50. The van der Waals surface area contributed by atoms with Gasteiger partial charge in [-0.3, -0.25) is 14.4 Å². The van der Waals surface area contributed by atoms with Gasteiger partial charge in [0.05, 0.1) is 5.92 Å². The number of benzene rings is 2. The van der Waals surface area contributed by atoms with E-state index >= 15 is 0 Å². The summed E-state index contributed by atoms with van der Waals surface area (Å²) < 4.78 is 0. The lowest BCUT2D eigenvalue weighted by Crippen LogP contribution is -2.28.